The molecule has 0 bridgehead atoms. The van der Waals surface area contributed by atoms with E-state index in [2.05, 4.69) is 15.4 Å². The summed E-state index contributed by atoms with van der Waals surface area (Å²) in [6.07, 6.45) is 8.13. The van der Waals surface area contributed by atoms with Gasteiger partial charge in [-0.15, -0.1) is 0 Å². The fourth-order valence-electron chi connectivity index (χ4n) is 3.28. The Kier molecular flexibility index (Phi) is 7.73. The first-order valence-corrected chi connectivity index (χ1v) is 11.8. The summed E-state index contributed by atoms with van der Waals surface area (Å²) in [5.41, 5.74) is 1.49. The Morgan fingerprint density at radius 1 is 0.967 bits per heavy atom. The van der Waals surface area contributed by atoms with Gasteiger partial charge in [0.2, 0.25) is 15.9 Å². The first-order chi connectivity index (χ1) is 14.4. The quantitative estimate of drug-likeness (QED) is 0.467. The van der Waals surface area contributed by atoms with Gasteiger partial charge in [-0.3, -0.25) is 10.1 Å². The standard InChI is InChI=1S/C22H25N3O3S2/c26-21(16-11-17-7-3-1-4-8-17)24-22(29)23-18-12-14-20(15-13-18)30(27,28)25-19-9-5-2-6-10-19/h1,3-4,7-8,11-16,19,25H,2,5-6,9-10H2,(H2,23,24,26,29)/b16-11+. The van der Waals surface area contributed by atoms with Crippen LogP contribution in [0, 0.1) is 0 Å². The first kappa shape index (κ1) is 22.1. The summed E-state index contributed by atoms with van der Waals surface area (Å²) in [4.78, 5) is 12.2. The Balaban J connectivity index is 1.52. The van der Waals surface area contributed by atoms with Crippen molar-refractivity contribution in [3.8, 4) is 0 Å². The zero-order valence-corrected chi connectivity index (χ0v) is 18.1. The third-order valence-corrected chi connectivity index (χ3v) is 6.55. The van der Waals surface area contributed by atoms with Crippen molar-refractivity contribution in [1.82, 2.24) is 10.0 Å². The average Bonchev–Trinajstić information content (AvgIpc) is 2.74. The molecule has 0 atom stereocenters. The molecule has 1 aliphatic rings. The normalized spacial score (nSPS) is 15.1. The number of thiocarbonyl (C=S) groups is 1. The minimum atomic E-state index is -3.55. The molecule has 1 aliphatic carbocycles. The van der Waals surface area contributed by atoms with Gasteiger partial charge in [0.05, 0.1) is 4.90 Å². The molecule has 30 heavy (non-hydrogen) atoms. The molecule has 3 N–H and O–H groups in total. The van der Waals surface area contributed by atoms with Crippen LogP contribution in [0.15, 0.2) is 65.6 Å². The lowest BCUT2D eigenvalue weighted by atomic mass is 9.96. The van der Waals surface area contributed by atoms with Crippen molar-refractivity contribution >= 4 is 45.0 Å². The molecule has 2 aromatic carbocycles. The molecule has 1 saturated carbocycles. The molecule has 158 valence electrons. The second-order valence-electron chi connectivity index (χ2n) is 7.17. The average molecular weight is 444 g/mol. The van der Waals surface area contributed by atoms with E-state index in [9.17, 15) is 13.2 Å². The van der Waals surface area contributed by atoms with Crippen LogP contribution in [0.5, 0.6) is 0 Å². The number of hydrogen-bond acceptors (Lipinski definition) is 4. The molecule has 0 spiro atoms. The van der Waals surface area contributed by atoms with Crippen LogP contribution in [0.1, 0.15) is 37.7 Å². The highest BCUT2D eigenvalue weighted by molar-refractivity contribution is 7.89. The summed E-state index contributed by atoms with van der Waals surface area (Å²) < 4.78 is 27.9. The zero-order valence-electron chi connectivity index (χ0n) is 16.5. The number of anilines is 1. The van der Waals surface area contributed by atoms with Gasteiger partial charge in [-0.2, -0.15) is 0 Å². The summed E-state index contributed by atoms with van der Waals surface area (Å²) in [6.45, 7) is 0. The number of hydrogen-bond donors (Lipinski definition) is 3. The predicted octanol–water partition coefficient (Wildman–Crippen LogP) is 3.82. The SMILES string of the molecule is O=C(/C=C/c1ccccc1)NC(=S)Nc1ccc(S(=O)(=O)NC2CCCCC2)cc1. The van der Waals surface area contributed by atoms with Crippen molar-refractivity contribution < 1.29 is 13.2 Å². The second kappa shape index (κ2) is 10.5. The molecular formula is C22H25N3O3S2. The van der Waals surface area contributed by atoms with Crippen LogP contribution in [0.2, 0.25) is 0 Å². The monoisotopic (exact) mass is 443 g/mol. The van der Waals surface area contributed by atoms with Crippen molar-refractivity contribution in [2.24, 2.45) is 0 Å². The number of rotatable bonds is 6. The number of carbonyl (C=O) groups excluding carboxylic acids is 1. The third-order valence-electron chi connectivity index (χ3n) is 4.81. The van der Waals surface area contributed by atoms with E-state index in [0.717, 1.165) is 37.7 Å². The first-order valence-electron chi connectivity index (χ1n) is 9.90. The van der Waals surface area contributed by atoms with Gasteiger partial charge in [0.15, 0.2) is 5.11 Å². The lowest BCUT2D eigenvalue weighted by Crippen LogP contribution is -2.36. The van der Waals surface area contributed by atoms with E-state index in [4.69, 9.17) is 12.2 Å². The summed E-state index contributed by atoms with van der Waals surface area (Å²) >= 11 is 5.15. The largest absolute Gasteiger partial charge is 0.332 e. The molecule has 8 heteroatoms. The van der Waals surface area contributed by atoms with Gasteiger partial charge in [0, 0.05) is 17.8 Å². The van der Waals surface area contributed by atoms with E-state index < -0.39 is 10.0 Å². The number of nitrogens with one attached hydrogen (secondary N) is 3. The maximum absolute atomic E-state index is 12.5. The maximum Gasteiger partial charge on any atom is 0.250 e. The van der Waals surface area contributed by atoms with Gasteiger partial charge in [-0.05, 0) is 61.0 Å². The molecule has 6 nitrogen and oxygen atoms in total. The lowest BCUT2D eigenvalue weighted by Gasteiger charge is -2.22. The molecule has 0 aromatic heterocycles. The smallest absolute Gasteiger partial charge is 0.250 e. The lowest BCUT2D eigenvalue weighted by molar-refractivity contribution is -0.115. The summed E-state index contributed by atoms with van der Waals surface area (Å²) in [6, 6.07) is 15.7. The number of carbonyl (C=O) groups is 1. The number of amides is 1. The molecule has 3 rings (SSSR count). The third kappa shape index (κ3) is 6.76. The fourth-order valence-corrected chi connectivity index (χ4v) is 4.80. The van der Waals surface area contributed by atoms with Gasteiger partial charge in [0.1, 0.15) is 0 Å². The highest BCUT2D eigenvalue weighted by atomic mass is 32.2. The summed E-state index contributed by atoms with van der Waals surface area (Å²) in [5, 5.41) is 5.58. The second-order valence-corrected chi connectivity index (χ2v) is 9.29. The minimum absolute atomic E-state index is 0.00767. The molecule has 0 aliphatic heterocycles. The Morgan fingerprint density at radius 3 is 2.30 bits per heavy atom. The van der Waals surface area contributed by atoms with Crippen LogP contribution in [-0.4, -0.2) is 25.5 Å². The summed E-state index contributed by atoms with van der Waals surface area (Å²) in [5.74, 6) is -0.354. The van der Waals surface area contributed by atoms with Crippen molar-refractivity contribution in [3.05, 3.63) is 66.2 Å². The van der Waals surface area contributed by atoms with E-state index in [1.165, 1.54) is 18.2 Å². The van der Waals surface area contributed by atoms with Crippen molar-refractivity contribution in [1.29, 1.82) is 0 Å². The van der Waals surface area contributed by atoms with Gasteiger partial charge in [0.25, 0.3) is 0 Å². The molecular weight excluding hydrogens is 418 g/mol. The van der Waals surface area contributed by atoms with Crippen molar-refractivity contribution in [3.63, 3.8) is 0 Å². The molecule has 2 aromatic rings. The number of benzene rings is 2. The Labute approximate surface area is 182 Å². The van der Waals surface area contributed by atoms with Crippen LogP contribution in [0.3, 0.4) is 0 Å². The van der Waals surface area contributed by atoms with E-state index in [1.54, 1.807) is 18.2 Å². The number of sulfonamides is 1. The maximum atomic E-state index is 12.5. The van der Waals surface area contributed by atoms with Gasteiger partial charge >= 0.3 is 0 Å². The van der Waals surface area contributed by atoms with E-state index >= 15 is 0 Å². The Hall–Kier alpha value is -2.55. The molecule has 0 unspecified atom stereocenters. The minimum Gasteiger partial charge on any atom is -0.332 e. The van der Waals surface area contributed by atoms with Crippen molar-refractivity contribution in [2.45, 2.75) is 43.0 Å². The Bertz CT molecular complexity index is 998. The van der Waals surface area contributed by atoms with Crippen molar-refractivity contribution in [2.75, 3.05) is 5.32 Å². The van der Waals surface area contributed by atoms with Gasteiger partial charge in [-0.1, -0.05) is 49.6 Å². The molecule has 0 heterocycles. The highest BCUT2D eigenvalue weighted by Crippen LogP contribution is 2.20. The van der Waals surface area contributed by atoms with Crippen LogP contribution < -0.4 is 15.4 Å². The predicted molar refractivity (Wildman–Crippen MR) is 123 cm³/mol. The highest BCUT2D eigenvalue weighted by Gasteiger charge is 2.21. The van der Waals surface area contributed by atoms with E-state index in [1.807, 2.05) is 30.3 Å². The summed E-state index contributed by atoms with van der Waals surface area (Å²) in [7, 11) is -3.55. The molecule has 0 radical (unpaired) electrons. The Morgan fingerprint density at radius 2 is 1.63 bits per heavy atom. The van der Waals surface area contributed by atoms with E-state index in [0.29, 0.717) is 5.69 Å². The topological polar surface area (TPSA) is 87.3 Å². The van der Waals surface area contributed by atoms with Gasteiger partial charge in [-0.25, -0.2) is 13.1 Å². The van der Waals surface area contributed by atoms with Crippen LogP contribution in [0.4, 0.5) is 5.69 Å². The van der Waals surface area contributed by atoms with Crippen LogP contribution in [0.25, 0.3) is 6.08 Å². The fraction of sp³-hybridized carbons (Fsp3) is 0.273. The van der Waals surface area contributed by atoms with Crippen LogP contribution in [-0.2, 0) is 14.8 Å². The van der Waals surface area contributed by atoms with Gasteiger partial charge < -0.3 is 5.32 Å². The molecule has 0 saturated heterocycles. The van der Waals surface area contributed by atoms with E-state index in [-0.39, 0.29) is 22.0 Å². The zero-order chi connectivity index (χ0) is 21.4. The molecule has 1 amide bonds. The van der Waals surface area contributed by atoms with Crippen LogP contribution >= 0.6 is 12.2 Å². The molecule has 1 fully saturated rings.